The van der Waals surface area contributed by atoms with E-state index in [1.165, 1.54) is 12.1 Å². The van der Waals surface area contributed by atoms with Gasteiger partial charge in [0.2, 0.25) is 0 Å². The van der Waals surface area contributed by atoms with Crippen LogP contribution in [-0.4, -0.2) is 11.1 Å². The molecule has 1 aromatic rings. The van der Waals surface area contributed by atoms with Crippen molar-refractivity contribution >= 4 is 11.9 Å². The Hall–Kier alpha value is -0.880. The fourth-order valence-corrected chi connectivity index (χ4v) is 2.48. The van der Waals surface area contributed by atoms with Crippen molar-refractivity contribution in [3.8, 4) is 5.75 Å². The van der Waals surface area contributed by atoms with E-state index in [0.29, 0.717) is 0 Å². The van der Waals surface area contributed by atoms with Gasteiger partial charge in [-0.25, -0.2) is 0 Å². The Morgan fingerprint density at radius 2 is 1.71 bits per heavy atom. The molecule has 0 aliphatic heterocycles. The number of rotatable bonds is 6. The van der Waals surface area contributed by atoms with Crippen LogP contribution in [-0.2, 0) is 0 Å². The van der Waals surface area contributed by atoms with E-state index in [1.54, 1.807) is 24.1 Å². The zero-order valence-corrected chi connectivity index (χ0v) is 13.6. The zero-order valence-electron chi connectivity index (χ0n) is 12.8. The fraction of sp³-hybridized carbons (Fsp3) is 0.600. The molecule has 1 unspecified atom stereocenters. The summed E-state index contributed by atoms with van der Waals surface area (Å²) in [6.45, 7) is 8.40. The summed E-state index contributed by atoms with van der Waals surface area (Å²) in [5.74, 6) is -0.190. The van der Waals surface area contributed by atoms with E-state index in [0.717, 1.165) is 18.4 Å². The van der Waals surface area contributed by atoms with Crippen LogP contribution in [0.25, 0.3) is 0 Å². The molecule has 2 nitrogen and oxygen atoms in total. The van der Waals surface area contributed by atoms with E-state index >= 15 is 0 Å². The summed E-state index contributed by atoms with van der Waals surface area (Å²) < 4.78 is 43.8. The molecule has 1 N–H and O–H groups in total. The highest BCUT2D eigenvalue weighted by molar-refractivity contribution is 7.98. The number of halogens is 3. The topological polar surface area (TPSA) is 21.3 Å². The molecule has 0 bridgehead atoms. The molecule has 0 radical (unpaired) electrons. The molecule has 0 aromatic heterocycles. The number of hydrogen-bond acceptors (Lipinski definition) is 3. The Kier molecular flexibility index (Phi) is 6.41. The van der Waals surface area contributed by atoms with Crippen LogP contribution in [0.3, 0.4) is 0 Å². The van der Waals surface area contributed by atoms with Crippen molar-refractivity contribution in [2.45, 2.75) is 57.7 Å². The monoisotopic (exact) mass is 321 g/mol. The van der Waals surface area contributed by atoms with Gasteiger partial charge in [0.25, 0.3) is 0 Å². The van der Waals surface area contributed by atoms with Gasteiger partial charge in [0.15, 0.2) is 0 Å². The molecule has 6 heteroatoms. The Bertz CT molecular complexity index is 426. The number of nitrogens with one attached hydrogen (secondary N) is 1. The van der Waals surface area contributed by atoms with Crippen LogP contribution >= 0.6 is 11.9 Å². The van der Waals surface area contributed by atoms with Gasteiger partial charge in [0.1, 0.15) is 5.75 Å². The summed E-state index contributed by atoms with van der Waals surface area (Å²) in [7, 11) is 0. The first-order valence-corrected chi connectivity index (χ1v) is 7.71. The molecule has 120 valence electrons. The Morgan fingerprint density at radius 3 is 2.14 bits per heavy atom. The van der Waals surface area contributed by atoms with Crippen molar-refractivity contribution in [2.75, 3.05) is 0 Å². The molecule has 1 aromatic carbocycles. The van der Waals surface area contributed by atoms with Crippen molar-refractivity contribution in [1.29, 1.82) is 0 Å². The summed E-state index contributed by atoms with van der Waals surface area (Å²) in [5, 5.41) is 0. The molecular formula is C15H22F3NOS. The third-order valence-electron chi connectivity index (χ3n) is 2.60. The minimum absolute atomic E-state index is 0.0747. The Morgan fingerprint density at radius 1 is 1.14 bits per heavy atom. The third kappa shape index (κ3) is 7.62. The van der Waals surface area contributed by atoms with Crippen LogP contribution < -0.4 is 9.46 Å². The second-order valence-corrected chi connectivity index (χ2v) is 7.45. The molecule has 0 amide bonds. The van der Waals surface area contributed by atoms with E-state index < -0.39 is 6.36 Å². The average Bonchev–Trinajstić information content (AvgIpc) is 2.32. The summed E-state index contributed by atoms with van der Waals surface area (Å²) in [4.78, 5) is 0. The standard InChI is InChI=1S/C15H22F3NOS/c1-5-6-13(19-21-14(2,3)4)11-7-9-12(10-8-11)20-15(16,17)18/h7-10,13,19H,5-6H2,1-4H3. The number of benzene rings is 1. The molecule has 0 aliphatic rings. The largest absolute Gasteiger partial charge is 0.573 e. The van der Waals surface area contributed by atoms with Gasteiger partial charge in [-0.3, -0.25) is 4.72 Å². The molecule has 0 spiro atoms. The van der Waals surface area contributed by atoms with Crippen molar-refractivity contribution in [2.24, 2.45) is 0 Å². The first-order valence-electron chi connectivity index (χ1n) is 6.90. The van der Waals surface area contributed by atoms with Crippen LogP contribution in [0, 0.1) is 0 Å². The van der Waals surface area contributed by atoms with Gasteiger partial charge in [-0.05, 0) is 44.9 Å². The molecule has 0 aliphatic carbocycles. The molecule has 0 saturated carbocycles. The van der Waals surface area contributed by atoms with Gasteiger partial charge < -0.3 is 4.74 Å². The van der Waals surface area contributed by atoms with E-state index in [1.807, 2.05) is 0 Å². The SMILES string of the molecule is CCCC(NSC(C)(C)C)c1ccc(OC(F)(F)F)cc1. The summed E-state index contributed by atoms with van der Waals surface area (Å²) in [5.41, 5.74) is 0.961. The van der Waals surface area contributed by atoms with Crippen molar-refractivity contribution in [3.63, 3.8) is 0 Å². The number of hydrogen-bond donors (Lipinski definition) is 1. The molecule has 1 atom stereocenters. The Labute approximate surface area is 128 Å². The predicted octanol–water partition coefficient (Wildman–Crippen LogP) is 5.46. The van der Waals surface area contributed by atoms with Gasteiger partial charge in [-0.1, -0.05) is 37.4 Å². The van der Waals surface area contributed by atoms with Crippen LogP contribution in [0.15, 0.2) is 24.3 Å². The van der Waals surface area contributed by atoms with Crippen LogP contribution in [0.2, 0.25) is 0 Å². The second kappa shape index (κ2) is 7.40. The lowest BCUT2D eigenvalue weighted by Gasteiger charge is -2.24. The van der Waals surface area contributed by atoms with Crippen LogP contribution in [0.4, 0.5) is 13.2 Å². The average molecular weight is 321 g/mol. The maximum atomic E-state index is 12.1. The highest BCUT2D eigenvalue weighted by Crippen LogP contribution is 2.29. The van der Waals surface area contributed by atoms with E-state index in [-0.39, 0.29) is 16.5 Å². The van der Waals surface area contributed by atoms with Crippen molar-refractivity contribution < 1.29 is 17.9 Å². The Balaban J connectivity index is 2.75. The molecule has 0 heterocycles. The molecule has 1 rings (SSSR count). The molecule has 0 saturated heterocycles. The summed E-state index contributed by atoms with van der Waals surface area (Å²) in [6, 6.07) is 6.18. The highest BCUT2D eigenvalue weighted by atomic mass is 32.2. The quantitative estimate of drug-likeness (QED) is 0.703. The minimum atomic E-state index is -4.65. The number of alkyl halides is 3. The number of ether oxygens (including phenoxy) is 1. The molecule has 0 fully saturated rings. The predicted molar refractivity (Wildman–Crippen MR) is 81.3 cm³/mol. The fourth-order valence-electron chi connectivity index (χ4n) is 1.73. The van der Waals surface area contributed by atoms with Gasteiger partial charge in [-0.2, -0.15) is 0 Å². The smallest absolute Gasteiger partial charge is 0.406 e. The highest BCUT2D eigenvalue weighted by Gasteiger charge is 2.31. The molecule has 21 heavy (non-hydrogen) atoms. The van der Waals surface area contributed by atoms with Crippen molar-refractivity contribution in [1.82, 2.24) is 4.72 Å². The van der Waals surface area contributed by atoms with E-state index in [2.05, 4.69) is 37.2 Å². The van der Waals surface area contributed by atoms with Crippen molar-refractivity contribution in [3.05, 3.63) is 29.8 Å². The van der Waals surface area contributed by atoms with Gasteiger partial charge in [0.05, 0.1) is 0 Å². The van der Waals surface area contributed by atoms with Crippen LogP contribution in [0.5, 0.6) is 5.75 Å². The third-order valence-corrected chi connectivity index (χ3v) is 3.62. The normalized spacial score (nSPS) is 14.0. The first-order chi connectivity index (χ1) is 9.61. The zero-order chi connectivity index (χ0) is 16.1. The lowest BCUT2D eigenvalue weighted by atomic mass is 10.0. The summed E-state index contributed by atoms with van der Waals surface area (Å²) in [6.07, 6.45) is -2.74. The van der Waals surface area contributed by atoms with Gasteiger partial charge in [0, 0.05) is 10.8 Å². The minimum Gasteiger partial charge on any atom is -0.406 e. The lowest BCUT2D eigenvalue weighted by Crippen LogP contribution is -2.22. The maximum absolute atomic E-state index is 12.1. The second-order valence-electron chi connectivity index (χ2n) is 5.79. The van der Waals surface area contributed by atoms with E-state index in [9.17, 15) is 13.2 Å². The van der Waals surface area contributed by atoms with Gasteiger partial charge in [-0.15, -0.1) is 13.2 Å². The first kappa shape index (κ1) is 18.2. The lowest BCUT2D eigenvalue weighted by molar-refractivity contribution is -0.274. The molecular weight excluding hydrogens is 299 g/mol. The summed E-state index contributed by atoms with van der Waals surface area (Å²) >= 11 is 1.63. The van der Waals surface area contributed by atoms with E-state index in [4.69, 9.17) is 0 Å². The maximum Gasteiger partial charge on any atom is 0.573 e. The van der Waals surface area contributed by atoms with Crippen LogP contribution in [0.1, 0.15) is 52.1 Å². The van der Waals surface area contributed by atoms with Gasteiger partial charge >= 0.3 is 6.36 Å².